The molecule has 1 saturated heterocycles. The highest BCUT2D eigenvalue weighted by atomic mass is 35.5. The first kappa shape index (κ1) is 9.42. The van der Waals surface area contributed by atoms with Crippen LogP contribution in [0.4, 0.5) is 0 Å². The number of halogens is 1. The lowest BCUT2D eigenvalue weighted by atomic mass is 10.3. The molecule has 0 bridgehead atoms. The Morgan fingerprint density at radius 1 is 1.40 bits per heavy atom. The van der Waals surface area contributed by atoms with Crippen LogP contribution in [-0.4, -0.2) is 25.3 Å². The summed E-state index contributed by atoms with van der Waals surface area (Å²) < 4.78 is 2.10. The van der Waals surface area contributed by atoms with Gasteiger partial charge < -0.3 is 4.57 Å². The van der Waals surface area contributed by atoms with Gasteiger partial charge in [-0.1, -0.05) is 11.6 Å². The summed E-state index contributed by atoms with van der Waals surface area (Å²) in [6, 6.07) is 0. The Balaban J connectivity index is 2.15. The van der Waals surface area contributed by atoms with Crippen LogP contribution in [0.2, 0.25) is 5.15 Å². The van der Waals surface area contributed by atoms with Gasteiger partial charge in [0.05, 0.1) is 11.7 Å². The second kappa shape index (κ2) is 3.64. The molecule has 0 amide bonds. The van der Waals surface area contributed by atoms with Crippen molar-refractivity contribution in [2.75, 3.05) is 5.75 Å². The number of hydrogen-bond donors (Lipinski definition) is 0. The van der Waals surface area contributed by atoms with Crippen LogP contribution < -0.4 is 0 Å². The zero-order valence-electron chi connectivity index (χ0n) is 7.93. The molecule has 3 heterocycles. The molecule has 0 aliphatic carbocycles. The maximum Gasteiger partial charge on any atom is 0.165 e. The highest BCUT2D eigenvalue weighted by Gasteiger charge is 2.20. The molecule has 1 aliphatic rings. The zero-order chi connectivity index (χ0) is 10.3. The van der Waals surface area contributed by atoms with Crippen molar-refractivity contribution in [1.82, 2.24) is 19.5 Å². The van der Waals surface area contributed by atoms with Crippen molar-refractivity contribution in [2.24, 2.45) is 0 Å². The third-order valence-corrected chi connectivity index (χ3v) is 4.18. The van der Waals surface area contributed by atoms with Crippen LogP contribution in [0.25, 0.3) is 11.2 Å². The molecule has 0 unspecified atom stereocenters. The first-order chi connectivity index (χ1) is 7.36. The second-order valence-electron chi connectivity index (χ2n) is 3.46. The van der Waals surface area contributed by atoms with E-state index in [0.29, 0.717) is 16.0 Å². The van der Waals surface area contributed by atoms with E-state index in [-0.39, 0.29) is 0 Å². The lowest BCUT2D eigenvalue weighted by molar-refractivity contribution is 0.654. The Morgan fingerprint density at radius 2 is 2.33 bits per heavy atom. The fraction of sp³-hybridized carbons (Fsp3) is 0.444. The third-order valence-electron chi connectivity index (χ3n) is 2.53. The van der Waals surface area contributed by atoms with Gasteiger partial charge in [-0.2, -0.15) is 0 Å². The zero-order valence-corrected chi connectivity index (χ0v) is 9.50. The van der Waals surface area contributed by atoms with Gasteiger partial charge in [0, 0.05) is 0 Å². The summed E-state index contributed by atoms with van der Waals surface area (Å²) in [5.41, 5.74) is 1.54. The van der Waals surface area contributed by atoms with Crippen molar-refractivity contribution < 1.29 is 0 Å². The fourth-order valence-electron chi connectivity index (χ4n) is 1.81. The fourth-order valence-corrected chi connectivity index (χ4v) is 3.24. The molecule has 78 valence electrons. The van der Waals surface area contributed by atoms with E-state index in [2.05, 4.69) is 19.5 Å². The Labute approximate surface area is 96.1 Å². The molecule has 2 aromatic heterocycles. The number of aromatic nitrogens is 4. The molecule has 1 atom stereocenters. The normalized spacial score (nSPS) is 21.3. The van der Waals surface area contributed by atoms with Gasteiger partial charge in [0.2, 0.25) is 0 Å². The molecule has 15 heavy (non-hydrogen) atoms. The minimum Gasteiger partial charge on any atom is -0.302 e. The van der Waals surface area contributed by atoms with Gasteiger partial charge in [-0.15, -0.1) is 11.8 Å². The Bertz CT molecular complexity index is 492. The van der Waals surface area contributed by atoms with E-state index in [0.717, 1.165) is 5.65 Å². The topological polar surface area (TPSA) is 43.6 Å². The number of hydrogen-bond acceptors (Lipinski definition) is 4. The van der Waals surface area contributed by atoms with Gasteiger partial charge in [0.25, 0.3) is 0 Å². The molecule has 1 fully saturated rings. The highest BCUT2D eigenvalue weighted by molar-refractivity contribution is 7.99. The molecule has 1 aliphatic heterocycles. The molecule has 0 saturated carbocycles. The van der Waals surface area contributed by atoms with Crippen molar-refractivity contribution in [3.8, 4) is 0 Å². The average molecular weight is 241 g/mol. The van der Waals surface area contributed by atoms with Crippen LogP contribution in [0, 0.1) is 0 Å². The van der Waals surface area contributed by atoms with Crippen molar-refractivity contribution in [3.05, 3.63) is 17.8 Å². The molecule has 6 heteroatoms. The molecule has 0 aromatic carbocycles. The Hall–Kier alpha value is -0.810. The van der Waals surface area contributed by atoms with E-state index in [1.54, 1.807) is 0 Å². The van der Waals surface area contributed by atoms with E-state index in [1.807, 2.05) is 18.1 Å². The van der Waals surface area contributed by atoms with Crippen LogP contribution in [0.15, 0.2) is 12.7 Å². The predicted molar refractivity (Wildman–Crippen MR) is 61.1 cm³/mol. The molecule has 2 aromatic rings. The molecule has 0 spiro atoms. The standard InChI is InChI=1S/C9H9ClN4S/c10-8-7-9(12-4-11-8)14(5-13-7)6-2-1-3-15-6/h4-6H,1-3H2/t6-/m0/s1. The molecular formula is C9H9ClN4S. The van der Waals surface area contributed by atoms with Crippen molar-refractivity contribution >= 4 is 34.5 Å². The van der Waals surface area contributed by atoms with E-state index < -0.39 is 0 Å². The number of imidazole rings is 1. The van der Waals surface area contributed by atoms with Crippen molar-refractivity contribution in [1.29, 1.82) is 0 Å². The maximum absolute atomic E-state index is 5.94. The van der Waals surface area contributed by atoms with Crippen LogP contribution in [0.3, 0.4) is 0 Å². The third kappa shape index (κ3) is 1.50. The van der Waals surface area contributed by atoms with Gasteiger partial charge in [0.15, 0.2) is 10.8 Å². The SMILES string of the molecule is Clc1ncnc2c1ncn2[C@@H]1CCCS1. The summed E-state index contributed by atoms with van der Waals surface area (Å²) >= 11 is 7.88. The summed E-state index contributed by atoms with van der Waals surface area (Å²) in [6.07, 6.45) is 5.74. The summed E-state index contributed by atoms with van der Waals surface area (Å²) in [5.74, 6) is 1.21. The molecule has 3 rings (SSSR count). The van der Waals surface area contributed by atoms with Gasteiger partial charge >= 0.3 is 0 Å². The number of thioether (sulfide) groups is 1. The Morgan fingerprint density at radius 3 is 3.13 bits per heavy atom. The first-order valence-corrected chi connectivity index (χ1v) is 6.23. The number of rotatable bonds is 1. The van der Waals surface area contributed by atoms with Crippen LogP contribution in [0.5, 0.6) is 0 Å². The van der Waals surface area contributed by atoms with Crippen molar-refractivity contribution in [3.63, 3.8) is 0 Å². The molecule has 0 radical (unpaired) electrons. The van der Waals surface area contributed by atoms with Crippen LogP contribution >= 0.6 is 23.4 Å². The number of nitrogens with zero attached hydrogens (tertiary/aromatic N) is 4. The van der Waals surface area contributed by atoms with Gasteiger partial charge in [-0.25, -0.2) is 15.0 Å². The lowest BCUT2D eigenvalue weighted by Gasteiger charge is -2.10. The Kier molecular flexibility index (Phi) is 2.29. The van der Waals surface area contributed by atoms with E-state index in [9.17, 15) is 0 Å². The maximum atomic E-state index is 5.94. The van der Waals surface area contributed by atoms with Gasteiger partial charge in [0.1, 0.15) is 11.8 Å². The summed E-state index contributed by atoms with van der Waals surface area (Å²) in [5, 5.41) is 0.891. The summed E-state index contributed by atoms with van der Waals surface area (Å²) in [4.78, 5) is 12.4. The molecule has 4 nitrogen and oxygen atoms in total. The average Bonchev–Trinajstić information content (AvgIpc) is 2.85. The quantitative estimate of drug-likeness (QED) is 0.719. The number of fused-ring (bicyclic) bond motifs is 1. The van der Waals surface area contributed by atoms with E-state index in [4.69, 9.17) is 11.6 Å². The monoisotopic (exact) mass is 240 g/mol. The van der Waals surface area contributed by atoms with Crippen molar-refractivity contribution in [2.45, 2.75) is 18.2 Å². The highest BCUT2D eigenvalue weighted by Crippen LogP contribution is 2.37. The smallest absolute Gasteiger partial charge is 0.165 e. The second-order valence-corrected chi connectivity index (χ2v) is 5.10. The van der Waals surface area contributed by atoms with Crippen LogP contribution in [-0.2, 0) is 0 Å². The van der Waals surface area contributed by atoms with Gasteiger partial charge in [-0.05, 0) is 18.6 Å². The predicted octanol–water partition coefficient (Wildman–Crippen LogP) is 2.51. The minimum absolute atomic E-state index is 0.432. The largest absolute Gasteiger partial charge is 0.302 e. The van der Waals surface area contributed by atoms with E-state index in [1.165, 1.54) is 24.9 Å². The first-order valence-electron chi connectivity index (χ1n) is 4.81. The minimum atomic E-state index is 0.432. The molecule has 0 N–H and O–H groups in total. The molecular weight excluding hydrogens is 232 g/mol. The summed E-state index contributed by atoms with van der Waals surface area (Å²) in [6.45, 7) is 0. The summed E-state index contributed by atoms with van der Waals surface area (Å²) in [7, 11) is 0. The van der Waals surface area contributed by atoms with Gasteiger partial charge in [-0.3, -0.25) is 0 Å². The lowest BCUT2D eigenvalue weighted by Crippen LogP contribution is -2.00. The van der Waals surface area contributed by atoms with E-state index >= 15 is 0 Å². The van der Waals surface area contributed by atoms with Crippen LogP contribution in [0.1, 0.15) is 18.2 Å².